The lowest BCUT2D eigenvalue weighted by Gasteiger charge is -2.17. The molecule has 1 unspecified atom stereocenters. The van der Waals surface area contributed by atoms with Crippen LogP contribution in [0.4, 0.5) is 0 Å². The number of aromatic nitrogens is 2. The summed E-state index contributed by atoms with van der Waals surface area (Å²) in [7, 11) is 0. The van der Waals surface area contributed by atoms with E-state index in [0.29, 0.717) is 17.6 Å². The lowest BCUT2D eigenvalue weighted by molar-refractivity contribution is 0.273. The first kappa shape index (κ1) is 9.98. The highest BCUT2D eigenvalue weighted by atomic mass is 32.2. The minimum atomic E-state index is 0.0689. The van der Waals surface area contributed by atoms with Crippen molar-refractivity contribution in [1.29, 1.82) is 0 Å². The minimum absolute atomic E-state index is 0.0689. The van der Waals surface area contributed by atoms with Crippen molar-refractivity contribution >= 4 is 11.8 Å². The van der Waals surface area contributed by atoms with Gasteiger partial charge in [0.25, 0.3) is 0 Å². The van der Waals surface area contributed by atoms with Gasteiger partial charge in [-0.2, -0.15) is 16.7 Å². The van der Waals surface area contributed by atoms with E-state index >= 15 is 0 Å². The van der Waals surface area contributed by atoms with Crippen LogP contribution in [0.2, 0.25) is 0 Å². The third kappa shape index (κ3) is 2.27. The zero-order valence-corrected chi connectivity index (χ0v) is 8.79. The largest absolute Gasteiger partial charge is 0.396 e. The molecule has 0 saturated carbocycles. The second kappa shape index (κ2) is 4.79. The van der Waals surface area contributed by atoms with E-state index < -0.39 is 0 Å². The summed E-state index contributed by atoms with van der Waals surface area (Å²) >= 11 is 1.90. The number of hydrogen-bond donors (Lipinski definition) is 1. The first-order valence-electron chi connectivity index (χ1n) is 4.95. The van der Waals surface area contributed by atoms with Gasteiger partial charge >= 0.3 is 0 Å². The Hall–Kier alpha value is -0.550. The van der Waals surface area contributed by atoms with Gasteiger partial charge in [-0.3, -0.25) is 0 Å². The van der Waals surface area contributed by atoms with E-state index in [1.807, 2.05) is 11.8 Å². The first-order valence-corrected chi connectivity index (χ1v) is 6.00. The monoisotopic (exact) mass is 214 g/mol. The zero-order valence-electron chi connectivity index (χ0n) is 7.98. The fourth-order valence-electron chi connectivity index (χ4n) is 1.54. The SMILES string of the molecule is OCCc1nc(C2CCCCS2)no1. The maximum Gasteiger partial charge on any atom is 0.228 e. The topological polar surface area (TPSA) is 59.2 Å². The molecule has 1 fully saturated rings. The summed E-state index contributed by atoms with van der Waals surface area (Å²) in [4.78, 5) is 4.27. The van der Waals surface area contributed by atoms with Gasteiger partial charge in [-0.25, -0.2) is 0 Å². The van der Waals surface area contributed by atoms with Crippen LogP contribution in [0, 0.1) is 0 Å². The van der Waals surface area contributed by atoms with E-state index in [2.05, 4.69) is 10.1 Å². The van der Waals surface area contributed by atoms with E-state index in [-0.39, 0.29) is 6.61 Å². The molecule has 1 saturated heterocycles. The Bertz CT molecular complexity index is 284. The van der Waals surface area contributed by atoms with Crippen molar-refractivity contribution in [2.75, 3.05) is 12.4 Å². The summed E-state index contributed by atoms with van der Waals surface area (Å²) in [5.74, 6) is 2.54. The quantitative estimate of drug-likeness (QED) is 0.827. The van der Waals surface area contributed by atoms with Crippen LogP contribution in [0.25, 0.3) is 0 Å². The Morgan fingerprint density at radius 3 is 3.14 bits per heavy atom. The van der Waals surface area contributed by atoms with Gasteiger partial charge in [-0.1, -0.05) is 11.6 Å². The first-order chi connectivity index (χ1) is 6.90. The molecule has 1 aromatic rings. The van der Waals surface area contributed by atoms with E-state index in [4.69, 9.17) is 9.63 Å². The maximum absolute atomic E-state index is 8.71. The highest BCUT2D eigenvalue weighted by Crippen LogP contribution is 2.36. The highest BCUT2D eigenvalue weighted by molar-refractivity contribution is 7.99. The number of rotatable bonds is 3. The predicted molar refractivity (Wildman–Crippen MR) is 54.1 cm³/mol. The van der Waals surface area contributed by atoms with Gasteiger partial charge in [0.1, 0.15) is 0 Å². The lowest BCUT2D eigenvalue weighted by atomic mass is 10.2. The summed E-state index contributed by atoms with van der Waals surface area (Å²) < 4.78 is 5.02. The van der Waals surface area contributed by atoms with Crippen molar-refractivity contribution in [2.24, 2.45) is 0 Å². The number of aliphatic hydroxyl groups excluding tert-OH is 1. The molecule has 5 heteroatoms. The van der Waals surface area contributed by atoms with Gasteiger partial charge < -0.3 is 9.63 Å². The van der Waals surface area contributed by atoms with Crippen molar-refractivity contribution in [3.05, 3.63) is 11.7 Å². The molecule has 0 aliphatic carbocycles. The number of thioether (sulfide) groups is 1. The third-order valence-corrected chi connectivity index (χ3v) is 3.65. The molecule has 1 aliphatic heterocycles. The fraction of sp³-hybridized carbons (Fsp3) is 0.778. The normalized spacial score (nSPS) is 22.5. The second-order valence-corrected chi connectivity index (χ2v) is 4.69. The van der Waals surface area contributed by atoms with Crippen molar-refractivity contribution in [1.82, 2.24) is 10.1 Å². The van der Waals surface area contributed by atoms with E-state index in [1.165, 1.54) is 18.6 Å². The molecule has 0 bridgehead atoms. The van der Waals surface area contributed by atoms with Gasteiger partial charge in [0.05, 0.1) is 18.3 Å². The summed E-state index contributed by atoms with van der Waals surface area (Å²) in [6.45, 7) is 0.0689. The molecule has 0 amide bonds. The second-order valence-electron chi connectivity index (χ2n) is 3.38. The molecule has 1 aromatic heterocycles. The Morgan fingerprint density at radius 2 is 2.43 bits per heavy atom. The predicted octanol–water partition coefficient (Wildman–Crippen LogP) is 1.56. The van der Waals surface area contributed by atoms with E-state index in [0.717, 1.165) is 12.2 Å². The minimum Gasteiger partial charge on any atom is -0.396 e. The van der Waals surface area contributed by atoms with Crippen LogP contribution in [0.15, 0.2) is 4.52 Å². The molecule has 1 atom stereocenters. The average Bonchev–Trinajstić information content (AvgIpc) is 2.68. The Morgan fingerprint density at radius 1 is 1.50 bits per heavy atom. The zero-order chi connectivity index (χ0) is 9.80. The van der Waals surface area contributed by atoms with Gasteiger partial charge in [0, 0.05) is 0 Å². The molecule has 4 nitrogen and oxygen atoms in total. The van der Waals surface area contributed by atoms with Gasteiger partial charge in [0.2, 0.25) is 5.89 Å². The van der Waals surface area contributed by atoms with Crippen molar-refractivity contribution in [2.45, 2.75) is 30.9 Å². The van der Waals surface area contributed by atoms with Crippen molar-refractivity contribution in [3.8, 4) is 0 Å². The van der Waals surface area contributed by atoms with Gasteiger partial charge in [0.15, 0.2) is 5.82 Å². The van der Waals surface area contributed by atoms with E-state index in [1.54, 1.807) is 0 Å². The van der Waals surface area contributed by atoms with Crippen LogP contribution in [0.3, 0.4) is 0 Å². The lowest BCUT2D eigenvalue weighted by Crippen LogP contribution is -2.04. The third-order valence-electron chi connectivity index (χ3n) is 2.28. The standard InChI is InChI=1S/C9H14N2O2S/c12-5-4-8-10-9(11-13-8)7-3-1-2-6-14-7/h7,12H,1-6H2. The van der Waals surface area contributed by atoms with Crippen LogP contribution >= 0.6 is 11.8 Å². The summed E-state index contributed by atoms with van der Waals surface area (Å²) in [6, 6.07) is 0. The number of aliphatic hydroxyl groups is 1. The summed E-state index contributed by atoms with van der Waals surface area (Å²) in [6.07, 6.45) is 4.15. The molecule has 14 heavy (non-hydrogen) atoms. The molecule has 2 heterocycles. The molecule has 1 aliphatic rings. The molecule has 0 radical (unpaired) electrons. The fourth-order valence-corrected chi connectivity index (χ4v) is 2.77. The van der Waals surface area contributed by atoms with Gasteiger partial charge in [-0.05, 0) is 18.6 Å². The maximum atomic E-state index is 8.71. The summed E-state index contributed by atoms with van der Waals surface area (Å²) in [5.41, 5.74) is 0. The smallest absolute Gasteiger partial charge is 0.228 e. The number of nitrogens with zero attached hydrogens (tertiary/aromatic N) is 2. The number of hydrogen-bond acceptors (Lipinski definition) is 5. The molecule has 2 rings (SSSR count). The van der Waals surface area contributed by atoms with Crippen LogP contribution in [-0.2, 0) is 6.42 Å². The molecule has 78 valence electrons. The van der Waals surface area contributed by atoms with E-state index in [9.17, 15) is 0 Å². The van der Waals surface area contributed by atoms with Crippen molar-refractivity contribution < 1.29 is 9.63 Å². The Labute approximate surface area is 87.1 Å². The Kier molecular flexibility index (Phi) is 3.42. The summed E-state index contributed by atoms with van der Waals surface area (Å²) in [5, 5.41) is 13.0. The Balaban J connectivity index is 2.00. The molecule has 0 spiro atoms. The van der Waals surface area contributed by atoms with Crippen LogP contribution in [-0.4, -0.2) is 27.6 Å². The van der Waals surface area contributed by atoms with Crippen LogP contribution in [0.5, 0.6) is 0 Å². The van der Waals surface area contributed by atoms with Crippen LogP contribution < -0.4 is 0 Å². The average molecular weight is 214 g/mol. The molecule has 0 aromatic carbocycles. The highest BCUT2D eigenvalue weighted by Gasteiger charge is 2.21. The molecule has 1 N–H and O–H groups in total. The molecular weight excluding hydrogens is 200 g/mol. The van der Waals surface area contributed by atoms with Crippen LogP contribution in [0.1, 0.15) is 36.2 Å². The van der Waals surface area contributed by atoms with Crippen molar-refractivity contribution in [3.63, 3.8) is 0 Å². The van der Waals surface area contributed by atoms with Gasteiger partial charge in [-0.15, -0.1) is 0 Å². The molecular formula is C9H14N2O2S.